The van der Waals surface area contributed by atoms with Gasteiger partial charge in [0, 0.05) is 6.04 Å². The molecule has 1 saturated carbocycles. The van der Waals surface area contributed by atoms with Gasteiger partial charge in [0.05, 0.1) is 6.10 Å². The highest BCUT2D eigenvalue weighted by Gasteiger charge is 2.39. The lowest BCUT2D eigenvalue weighted by Gasteiger charge is -2.43. The van der Waals surface area contributed by atoms with Gasteiger partial charge in [-0.1, -0.05) is 0 Å². The van der Waals surface area contributed by atoms with Gasteiger partial charge in [-0.05, 0) is 62.7 Å². The lowest BCUT2D eigenvalue weighted by atomic mass is 9.71. The van der Waals surface area contributed by atoms with Crippen molar-refractivity contribution in [3.63, 3.8) is 0 Å². The first-order valence-corrected chi connectivity index (χ1v) is 8.06. The number of piperidine rings is 1. The van der Waals surface area contributed by atoms with E-state index in [1.807, 2.05) is 0 Å². The van der Waals surface area contributed by atoms with E-state index in [1.54, 1.807) is 12.1 Å². The van der Waals surface area contributed by atoms with Crippen molar-refractivity contribution in [3.05, 3.63) is 23.7 Å². The fraction of sp³-hybridized carbons (Fsp3) is 0.688. The Morgan fingerprint density at radius 1 is 1.32 bits per heavy atom. The zero-order valence-corrected chi connectivity index (χ0v) is 12.6. The van der Waals surface area contributed by atoms with Gasteiger partial charge in [0.25, 0.3) is 5.91 Å². The Morgan fingerprint density at radius 3 is 2.64 bits per heavy atom. The fourth-order valence-corrected chi connectivity index (χ4v) is 3.55. The molecular formula is C16H24N2O4. The standard InChI is InChI=1S/C16H24N2O4/c19-9-13-1-2-14(22-13)16(21)18-15(11-7-12(20)8-11)10-3-5-17-6-4-10/h1-2,10-12,15,17,19-20H,3-9H2,(H,18,21). The predicted octanol–water partition coefficient (Wildman–Crippen LogP) is 0.641. The Balaban J connectivity index is 1.67. The molecule has 1 aliphatic heterocycles. The van der Waals surface area contributed by atoms with Crippen LogP contribution in [0.1, 0.15) is 42.0 Å². The van der Waals surface area contributed by atoms with Crippen LogP contribution in [-0.4, -0.2) is 41.4 Å². The monoisotopic (exact) mass is 308 g/mol. The number of aliphatic hydroxyl groups excluding tert-OH is 2. The van der Waals surface area contributed by atoms with Crippen molar-refractivity contribution in [2.24, 2.45) is 11.8 Å². The van der Waals surface area contributed by atoms with E-state index in [0.29, 0.717) is 17.6 Å². The van der Waals surface area contributed by atoms with Crippen molar-refractivity contribution in [3.8, 4) is 0 Å². The number of carbonyl (C=O) groups is 1. The van der Waals surface area contributed by atoms with Gasteiger partial charge in [0.2, 0.25) is 0 Å². The van der Waals surface area contributed by atoms with Gasteiger partial charge in [0.1, 0.15) is 12.4 Å². The van der Waals surface area contributed by atoms with E-state index in [4.69, 9.17) is 9.52 Å². The van der Waals surface area contributed by atoms with E-state index in [0.717, 1.165) is 38.8 Å². The second kappa shape index (κ2) is 6.81. The second-order valence-corrected chi connectivity index (χ2v) is 6.40. The van der Waals surface area contributed by atoms with Crippen molar-refractivity contribution in [1.82, 2.24) is 10.6 Å². The normalized spacial score (nSPS) is 27.2. The summed E-state index contributed by atoms with van der Waals surface area (Å²) >= 11 is 0. The van der Waals surface area contributed by atoms with Gasteiger partial charge in [-0.2, -0.15) is 0 Å². The molecule has 2 aliphatic rings. The Morgan fingerprint density at radius 2 is 2.05 bits per heavy atom. The molecule has 0 spiro atoms. The number of hydrogen-bond donors (Lipinski definition) is 4. The average molecular weight is 308 g/mol. The van der Waals surface area contributed by atoms with Gasteiger partial charge >= 0.3 is 0 Å². The highest BCUT2D eigenvalue weighted by molar-refractivity contribution is 5.91. The summed E-state index contributed by atoms with van der Waals surface area (Å²) in [6, 6.07) is 3.29. The molecule has 4 N–H and O–H groups in total. The third-order valence-electron chi connectivity index (χ3n) is 4.89. The van der Waals surface area contributed by atoms with Crippen LogP contribution in [0.4, 0.5) is 0 Å². The molecule has 0 aromatic carbocycles. The topological polar surface area (TPSA) is 94.7 Å². The highest BCUT2D eigenvalue weighted by atomic mass is 16.4. The maximum Gasteiger partial charge on any atom is 0.287 e. The van der Waals surface area contributed by atoms with Crippen LogP contribution in [-0.2, 0) is 6.61 Å². The SMILES string of the molecule is O=C(NC(C1CCNCC1)C1CC(O)C1)c1ccc(CO)o1. The smallest absolute Gasteiger partial charge is 0.287 e. The predicted molar refractivity (Wildman–Crippen MR) is 80.2 cm³/mol. The molecule has 1 amide bonds. The van der Waals surface area contributed by atoms with Crippen LogP contribution in [0.15, 0.2) is 16.5 Å². The Bertz CT molecular complexity index is 504. The third-order valence-corrected chi connectivity index (χ3v) is 4.89. The molecule has 0 radical (unpaired) electrons. The van der Waals surface area contributed by atoms with Crippen molar-refractivity contribution in [2.45, 2.75) is 44.4 Å². The minimum absolute atomic E-state index is 0.0840. The Kier molecular flexibility index (Phi) is 4.81. The summed E-state index contributed by atoms with van der Waals surface area (Å²) in [5, 5.41) is 25.1. The minimum Gasteiger partial charge on any atom is -0.453 e. The van der Waals surface area contributed by atoms with Crippen molar-refractivity contribution in [1.29, 1.82) is 0 Å². The molecule has 6 heteroatoms. The van der Waals surface area contributed by atoms with Crippen molar-refractivity contribution < 1.29 is 19.4 Å². The van der Waals surface area contributed by atoms with Gasteiger partial charge in [-0.3, -0.25) is 4.79 Å². The summed E-state index contributed by atoms with van der Waals surface area (Å²) < 4.78 is 5.31. The van der Waals surface area contributed by atoms with E-state index >= 15 is 0 Å². The van der Waals surface area contributed by atoms with Crippen LogP contribution in [0.3, 0.4) is 0 Å². The van der Waals surface area contributed by atoms with E-state index in [-0.39, 0.29) is 30.4 Å². The minimum atomic E-state index is -0.232. The molecule has 6 nitrogen and oxygen atoms in total. The Labute approximate surface area is 129 Å². The summed E-state index contributed by atoms with van der Waals surface area (Å²) in [6.07, 6.45) is 3.37. The summed E-state index contributed by atoms with van der Waals surface area (Å²) in [6.45, 7) is 1.74. The van der Waals surface area contributed by atoms with E-state index < -0.39 is 0 Å². The van der Waals surface area contributed by atoms with E-state index in [2.05, 4.69) is 10.6 Å². The van der Waals surface area contributed by atoms with Crippen LogP contribution < -0.4 is 10.6 Å². The van der Waals surface area contributed by atoms with Gasteiger partial charge in [-0.25, -0.2) is 0 Å². The van der Waals surface area contributed by atoms with Crippen LogP contribution in [0.25, 0.3) is 0 Å². The first-order valence-electron chi connectivity index (χ1n) is 8.06. The summed E-state index contributed by atoms with van der Waals surface area (Å²) in [5.74, 6) is 1.18. The molecule has 2 fully saturated rings. The molecular weight excluding hydrogens is 284 g/mol. The average Bonchev–Trinajstić information content (AvgIpc) is 3.00. The number of nitrogens with one attached hydrogen (secondary N) is 2. The number of rotatable bonds is 5. The maximum absolute atomic E-state index is 12.4. The first kappa shape index (κ1) is 15.5. The molecule has 0 bridgehead atoms. The van der Waals surface area contributed by atoms with Crippen LogP contribution in [0, 0.1) is 11.8 Å². The molecule has 1 atom stereocenters. The molecule has 22 heavy (non-hydrogen) atoms. The summed E-state index contributed by atoms with van der Waals surface area (Å²) in [5.41, 5.74) is 0. The fourth-order valence-electron chi connectivity index (χ4n) is 3.55. The number of hydrogen-bond acceptors (Lipinski definition) is 5. The number of furan rings is 1. The van der Waals surface area contributed by atoms with Crippen molar-refractivity contribution in [2.75, 3.05) is 13.1 Å². The molecule has 1 aromatic rings. The maximum atomic E-state index is 12.4. The van der Waals surface area contributed by atoms with Crippen LogP contribution in [0.2, 0.25) is 0 Å². The van der Waals surface area contributed by atoms with Crippen LogP contribution in [0.5, 0.6) is 0 Å². The van der Waals surface area contributed by atoms with Crippen LogP contribution >= 0.6 is 0 Å². The molecule has 3 rings (SSSR count). The second-order valence-electron chi connectivity index (χ2n) is 6.40. The lowest BCUT2D eigenvalue weighted by Crippen LogP contribution is -2.52. The number of amides is 1. The zero-order valence-electron chi connectivity index (χ0n) is 12.6. The first-order chi connectivity index (χ1) is 10.7. The molecule has 1 aliphatic carbocycles. The highest BCUT2D eigenvalue weighted by Crippen LogP contribution is 2.35. The summed E-state index contributed by atoms with van der Waals surface area (Å²) in [7, 11) is 0. The molecule has 1 unspecified atom stereocenters. The summed E-state index contributed by atoms with van der Waals surface area (Å²) in [4.78, 5) is 12.4. The largest absolute Gasteiger partial charge is 0.453 e. The van der Waals surface area contributed by atoms with Gasteiger partial charge < -0.3 is 25.3 Å². The van der Waals surface area contributed by atoms with Gasteiger partial charge in [0.15, 0.2) is 5.76 Å². The molecule has 122 valence electrons. The zero-order chi connectivity index (χ0) is 15.5. The van der Waals surface area contributed by atoms with Gasteiger partial charge in [-0.15, -0.1) is 0 Å². The molecule has 1 aromatic heterocycles. The van der Waals surface area contributed by atoms with E-state index in [9.17, 15) is 9.90 Å². The lowest BCUT2D eigenvalue weighted by molar-refractivity contribution is 0.00886. The number of aliphatic hydroxyl groups is 2. The van der Waals surface area contributed by atoms with E-state index in [1.165, 1.54) is 0 Å². The molecule has 1 saturated heterocycles. The quantitative estimate of drug-likeness (QED) is 0.640. The third kappa shape index (κ3) is 3.34. The Hall–Kier alpha value is -1.37. The van der Waals surface area contributed by atoms with Crippen molar-refractivity contribution >= 4 is 5.91 Å². The molecule has 2 heterocycles. The number of carbonyl (C=O) groups excluding carboxylic acids is 1.